The van der Waals surface area contributed by atoms with Gasteiger partial charge in [-0.15, -0.1) is 0 Å². The summed E-state index contributed by atoms with van der Waals surface area (Å²) >= 11 is 0. The Kier molecular flexibility index (Phi) is 3.75. The lowest BCUT2D eigenvalue weighted by Crippen LogP contribution is -2.45. The lowest BCUT2D eigenvalue weighted by molar-refractivity contribution is 0.209. The zero-order chi connectivity index (χ0) is 13.1. The van der Waals surface area contributed by atoms with Gasteiger partial charge in [0.15, 0.2) is 0 Å². The molecule has 0 atom stereocenters. The summed E-state index contributed by atoms with van der Waals surface area (Å²) in [6.07, 6.45) is 2.01. The van der Waals surface area contributed by atoms with E-state index in [-0.39, 0.29) is 6.03 Å². The van der Waals surface area contributed by atoms with Crippen LogP contribution in [-0.4, -0.2) is 30.6 Å². The molecule has 0 aromatic heterocycles. The Labute approximate surface area is 108 Å². The van der Waals surface area contributed by atoms with Crippen molar-refractivity contribution in [2.75, 3.05) is 30.3 Å². The first-order chi connectivity index (χ1) is 8.67. The minimum Gasteiger partial charge on any atom is -0.399 e. The summed E-state index contributed by atoms with van der Waals surface area (Å²) in [6, 6.07) is 5.92. The Morgan fingerprint density at radius 3 is 2.78 bits per heavy atom. The predicted molar refractivity (Wildman–Crippen MR) is 74.8 cm³/mol. The highest BCUT2D eigenvalue weighted by Crippen LogP contribution is 2.29. The van der Waals surface area contributed by atoms with Gasteiger partial charge in [-0.3, -0.25) is 4.90 Å². The quantitative estimate of drug-likeness (QED) is 0.816. The molecule has 0 saturated heterocycles. The molecule has 0 bridgehead atoms. The average Bonchev–Trinajstić information content (AvgIpc) is 2.39. The normalized spacial score (nSPS) is 14.2. The number of fused-ring (bicyclic) bond motifs is 1. The molecule has 0 radical (unpaired) electrons. The van der Waals surface area contributed by atoms with E-state index in [9.17, 15) is 4.79 Å². The largest absolute Gasteiger partial charge is 0.399 e. The fourth-order valence-corrected chi connectivity index (χ4v) is 2.48. The summed E-state index contributed by atoms with van der Waals surface area (Å²) in [5.41, 5.74) is 8.77. The van der Waals surface area contributed by atoms with Gasteiger partial charge in [0.1, 0.15) is 0 Å². The van der Waals surface area contributed by atoms with Crippen molar-refractivity contribution < 1.29 is 4.79 Å². The van der Waals surface area contributed by atoms with Crippen molar-refractivity contribution in [2.45, 2.75) is 26.7 Å². The molecule has 4 nitrogen and oxygen atoms in total. The number of carbonyl (C=O) groups is 1. The van der Waals surface area contributed by atoms with Gasteiger partial charge < -0.3 is 10.6 Å². The second-order valence-corrected chi connectivity index (χ2v) is 4.60. The monoisotopic (exact) mass is 247 g/mol. The smallest absolute Gasteiger partial charge is 0.324 e. The minimum absolute atomic E-state index is 0.103. The molecule has 2 N–H and O–H groups in total. The number of anilines is 2. The molecule has 1 heterocycles. The van der Waals surface area contributed by atoms with E-state index >= 15 is 0 Å². The van der Waals surface area contributed by atoms with Crippen molar-refractivity contribution in [2.24, 2.45) is 0 Å². The van der Waals surface area contributed by atoms with Crippen LogP contribution in [0, 0.1) is 0 Å². The summed E-state index contributed by atoms with van der Waals surface area (Å²) in [5.74, 6) is 0. The van der Waals surface area contributed by atoms with Crippen molar-refractivity contribution in [3.8, 4) is 0 Å². The molecule has 1 aromatic rings. The first kappa shape index (κ1) is 12.7. The van der Waals surface area contributed by atoms with E-state index < -0.39 is 0 Å². The van der Waals surface area contributed by atoms with E-state index in [1.807, 2.05) is 41.8 Å². The van der Waals surface area contributed by atoms with Crippen LogP contribution in [0.5, 0.6) is 0 Å². The third-order valence-electron chi connectivity index (χ3n) is 3.49. The van der Waals surface area contributed by atoms with Crippen molar-refractivity contribution in [3.63, 3.8) is 0 Å². The Bertz CT molecular complexity index is 441. The predicted octanol–water partition coefficient (Wildman–Crippen LogP) is 2.48. The van der Waals surface area contributed by atoms with Gasteiger partial charge in [-0.25, -0.2) is 4.79 Å². The number of nitrogens with two attached hydrogens (primary N) is 1. The van der Waals surface area contributed by atoms with Crippen LogP contribution in [0.3, 0.4) is 0 Å². The Morgan fingerprint density at radius 2 is 2.11 bits per heavy atom. The maximum Gasteiger partial charge on any atom is 0.324 e. The third-order valence-corrected chi connectivity index (χ3v) is 3.49. The Balaban J connectivity index is 2.30. The number of rotatable bonds is 2. The summed E-state index contributed by atoms with van der Waals surface area (Å²) in [5, 5.41) is 0. The van der Waals surface area contributed by atoms with Crippen LogP contribution in [0.15, 0.2) is 18.2 Å². The van der Waals surface area contributed by atoms with Gasteiger partial charge in [-0.05, 0) is 50.5 Å². The first-order valence-electron chi connectivity index (χ1n) is 6.62. The molecule has 1 aliphatic heterocycles. The second kappa shape index (κ2) is 5.29. The van der Waals surface area contributed by atoms with Gasteiger partial charge >= 0.3 is 6.03 Å². The molecule has 0 spiro atoms. The molecule has 18 heavy (non-hydrogen) atoms. The van der Waals surface area contributed by atoms with E-state index in [4.69, 9.17) is 5.73 Å². The Morgan fingerprint density at radius 1 is 1.39 bits per heavy atom. The van der Waals surface area contributed by atoms with E-state index in [2.05, 4.69) is 0 Å². The van der Waals surface area contributed by atoms with E-state index in [1.165, 1.54) is 5.56 Å². The maximum atomic E-state index is 12.4. The molecule has 0 aliphatic carbocycles. The molecule has 2 amide bonds. The summed E-state index contributed by atoms with van der Waals surface area (Å²) in [4.78, 5) is 16.2. The first-order valence-corrected chi connectivity index (χ1v) is 6.62. The summed E-state index contributed by atoms with van der Waals surface area (Å²) < 4.78 is 0. The van der Waals surface area contributed by atoms with Gasteiger partial charge in [0.25, 0.3) is 0 Å². The number of amides is 2. The van der Waals surface area contributed by atoms with Crippen LogP contribution >= 0.6 is 0 Å². The van der Waals surface area contributed by atoms with Crippen LogP contribution in [-0.2, 0) is 6.42 Å². The number of urea groups is 1. The fraction of sp³-hybridized carbons (Fsp3) is 0.500. The molecule has 1 aliphatic rings. The minimum atomic E-state index is 0.103. The van der Waals surface area contributed by atoms with Crippen LogP contribution < -0.4 is 10.6 Å². The van der Waals surface area contributed by atoms with Gasteiger partial charge in [0, 0.05) is 31.0 Å². The van der Waals surface area contributed by atoms with Crippen LogP contribution in [0.4, 0.5) is 16.2 Å². The van der Waals surface area contributed by atoms with E-state index in [0.717, 1.165) is 43.9 Å². The van der Waals surface area contributed by atoms with Crippen molar-refractivity contribution in [3.05, 3.63) is 23.8 Å². The SMILES string of the molecule is CCN(CC)C(=O)N1CCCc2cc(N)ccc21. The molecule has 98 valence electrons. The number of hydrogen-bond acceptors (Lipinski definition) is 2. The topological polar surface area (TPSA) is 49.6 Å². The molecule has 0 fully saturated rings. The molecule has 2 rings (SSSR count). The summed E-state index contributed by atoms with van der Waals surface area (Å²) in [6.45, 7) is 6.31. The summed E-state index contributed by atoms with van der Waals surface area (Å²) in [7, 11) is 0. The number of carbonyl (C=O) groups excluding carboxylic acids is 1. The number of benzene rings is 1. The standard InChI is InChI=1S/C14H21N3O/c1-3-16(4-2)14(18)17-9-5-6-11-10-12(15)7-8-13(11)17/h7-8,10H,3-6,9,15H2,1-2H3. The zero-order valence-electron chi connectivity index (χ0n) is 11.1. The molecular formula is C14H21N3O. The van der Waals surface area contributed by atoms with Gasteiger partial charge in [-0.1, -0.05) is 0 Å². The number of aryl methyl sites for hydroxylation is 1. The van der Waals surface area contributed by atoms with Crippen LogP contribution in [0.1, 0.15) is 25.8 Å². The maximum absolute atomic E-state index is 12.4. The second-order valence-electron chi connectivity index (χ2n) is 4.60. The van der Waals surface area contributed by atoms with E-state index in [1.54, 1.807) is 0 Å². The number of nitrogen functional groups attached to an aromatic ring is 1. The third kappa shape index (κ3) is 2.28. The highest BCUT2D eigenvalue weighted by molar-refractivity contribution is 5.93. The fourth-order valence-electron chi connectivity index (χ4n) is 2.48. The van der Waals surface area contributed by atoms with Crippen molar-refractivity contribution in [1.29, 1.82) is 0 Å². The van der Waals surface area contributed by atoms with Crippen molar-refractivity contribution >= 4 is 17.4 Å². The Hall–Kier alpha value is -1.71. The van der Waals surface area contributed by atoms with Crippen LogP contribution in [0.2, 0.25) is 0 Å². The van der Waals surface area contributed by atoms with Gasteiger partial charge in [0.05, 0.1) is 0 Å². The average molecular weight is 247 g/mol. The van der Waals surface area contributed by atoms with Gasteiger partial charge in [0.2, 0.25) is 0 Å². The van der Waals surface area contributed by atoms with Crippen molar-refractivity contribution in [1.82, 2.24) is 4.90 Å². The number of hydrogen-bond donors (Lipinski definition) is 1. The van der Waals surface area contributed by atoms with Crippen LogP contribution in [0.25, 0.3) is 0 Å². The molecule has 4 heteroatoms. The highest BCUT2D eigenvalue weighted by atomic mass is 16.2. The molecular weight excluding hydrogens is 226 g/mol. The van der Waals surface area contributed by atoms with E-state index in [0.29, 0.717) is 0 Å². The highest BCUT2D eigenvalue weighted by Gasteiger charge is 2.25. The number of nitrogens with zero attached hydrogens (tertiary/aromatic N) is 2. The zero-order valence-corrected chi connectivity index (χ0v) is 11.1. The molecule has 0 unspecified atom stereocenters. The van der Waals surface area contributed by atoms with Gasteiger partial charge in [-0.2, -0.15) is 0 Å². The lowest BCUT2D eigenvalue weighted by atomic mass is 10.0. The lowest BCUT2D eigenvalue weighted by Gasteiger charge is -2.33. The molecule has 0 saturated carbocycles. The molecule has 1 aromatic carbocycles.